The average Bonchev–Trinajstić information content (AvgIpc) is 2.61. The van der Waals surface area contributed by atoms with Gasteiger partial charge in [-0.3, -0.25) is 0 Å². The van der Waals surface area contributed by atoms with Crippen molar-refractivity contribution < 1.29 is 0 Å². The lowest BCUT2D eigenvalue weighted by Gasteiger charge is -2.37. The number of nitrogens with one attached hydrogen (secondary N) is 2. The van der Waals surface area contributed by atoms with Crippen LogP contribution in [0.2, 0.25) is 0 Å². The van der Waals surface area contributed by atoms with E-state index in [-0.39, 0.29) is 0 Å². The predicted molar refractivity (Wildman–Crippen MR) is 97.2 cm³/mol. The number of hydrogen-bond acceptors (Lipinski definition) is 2. The van der Waals surface area contributed by atoms with Gasteiger partial charge in [0.2, 0.25) is 0 Å². The lowest BCUT2D eigenvalue weighted by atomic mass is 9.81. The molecule has 23 heavy (non-hydrogen) atoms. The van der Waals surface area contributed by atoms with Crippen LogP contribution >= 0.6 is 0 Å². The lowest BCUT2D eigenvalue weighted by molar-refractivity contribution is 0.213. The molecule has 0 radical (unpaired) electrons. The molecule has 0 aliphatic heterocycles. The molecule has 1 aliphatic rings. The van der Waals surface area contributed by atoms with E-state index in [2.05, 4.69) is 78.2 Å². The van der Waals surface area contributed by atoms with E-state index >= 15 is 0 Å². The average molecular weight is 308 g/mol. The molecule has 2 atom stereocenters. The van der Waals surface area contributed by atoms with Gasteiger partial charge in [-0.25, -0.2) is 0 Å². The number of benzene rings is 2. The summed E-state index contributed by atoms with van der Waals surface area (Å²) < 4.78 is 0. The van der Waals surface area contributed by atoms with Crippen LogP contribution in [0.1, 0.15) is 37.3 Å². The second kappa shape index (κ2) is 8.28. The van der Waals surface area contributed by atoms with Crippen molar-refractivity contribution in [1.82, 2.24) is 10.6 Å². The van der Waals surface area contributed by atoms with Crippen LogP contribution in [0.3, 0.4) is 0 Å². The Hall–Kier alpha value is -1.64. The normalized spacial score (nSPS) is 24.5. The van der Waals surface area contributed by atoms with Crippen LogP contribution in [-0.2, 0) is 13.1 Å². The second-order valence-corrected chi connectivity index (χ2v) is 6.74. The molecule has 0 amide bonds. The molecule has 0 spiro atoms. The largest absolute Gasteiger partial charge is 0.310 e. The first-order valence-corrected chi connectivity index (χ1v) is 8.87. The Morgan fingerprint density at radius 2 is 1.17 bits per heavy atom. The van der Waals surface area contributed by atoms with Crippen LogP contribution < -0.4 is 10.6 Å². The molecule has 1 aliphatic carbocycles. The van der Waals surface area contributed by atoms with Gasteiger partial charge in [0, 0.05) is 25.2 Å². The molecule has 2 heteroatoms. The van der Waals surface area contributed by atoms with Gasteiger partial charge in [0.25, 0.3) is 0 Å². The van der Waals surface area contributed by atoms with Crippen molar-refractivity contribution in [3.8, 4) is 0 Å². The van der Waals surface area contributed by atoms with E-state index in [9.17, 15) is 0 Å². The zero-order valence-corrected chi connectivity index (χ0v) is 14.0. The van der Waals surface area contributed by atoms with Gasteiger partial charge in [-0.15, -0.1) is 0 Å². The minimum Gasteiger partial charge on any atom is -0.310 e. The monoisotopic (exact) mass is 308 g/mol. The SMILES string of the molecule is CC1C(NCc2ccccc2)CCCC1NCc1ccccc1. The predicted octanol–water partition coefficient (Wildman–Crippen LogP) is 4.12. The summed E-state index contributed by atoms with van der Waals surface area (Å²) in [6.45, 7) is 4.34. The summed E-state index contributed by atoms with van der Waals surface area (Å²) in [6, 6.07) is 22.6. The molecule has 1 fully saturated rings. The summed E-state index contributed by atoms with van der Waals surface area (Å²) in [5, 5.41) is 7.55. The smallest absolute Gasteiger partial charge is 0.0208 e. The molecule has 0 saturated heterocycles. The standard InChI is InChI=1S/C21H28N2/c1-17-20(22-15-18-9-4-2-5-10-18)13-8-14-21(17)23-16-19-11-6-3-7-12-19/h2-7,9-12,17,20-23H,8,13-16H2,1H3. The minimum atomic E-state index is 0.609. The molecule has 2 aromatic carbocycles. The van der Waals surface area contributed by atoms with Crippen LogP contribution in [0.5, 0.6) is 0 Å². The van der Waals surface area contributed by atoms with Gasteiger partial charge >= 0.3 is 0 Å². The topological polar surface area (TPSA) is 24.1 Å². The Morgan fingerprint density at radius 1 is 0.739 bits per heavy atom. The maximum atomic E-state index is 3.78. The highest BCUT2D eigenvalue weighted by Crippen LogP contribution is 2.25. The van der Waals surface area contributed by atoms with Crippen LogP contribution in [0, 0.1) is 5.92 Å². The van der Waals surface area contributed by atoms with Gasteiger partial charge in [-0.05, 0) is 29.9 Å². The Labute approximate surface area is 140 Å². The molecule has 0 aromatic heterocycles. The van der Waals surface area contributed by atoms with Crippen LogP contribution in [-0.4, -0.2) is 12.1 Å². The van der Waals surface area contributed by atoms with E-state index in [0.717, 1.165) is 13.1 Å². The highest BCUT2D eigenvalue weighted by Gasteiger charge is 2.29. The summed E-state index contributed by atoms with van der Waals surface area (Å²) in [5.41, 5.74) is 2.75. The zero-order valence-electron chi connectivity index (χ0n) is 14.0. The molecule has 1 saturated carbocycles. The molecule has 3 rings (SSSR count). The van der Waals surface area contributed by atoms with Gasteiger partial charge in [0.1, 0.15) is 0 Å². The van der Waals surface area contributed by atoms with Gasteiger partial charge in [0.15, 0.2) is 0 Å². The van der Waals surface area contributed by atoms with E-state index in [0.29, 0.717) is 18.0 Å². The molecule has 2 aromatic rings. The first-order valence-electron chi connectivity index (χ1n) is 8.87. The fourth-order valence-corrected chi connectivity index (χ4v) is 3.63. The first kappa shape index (κ1) is 16.2. The van der Waals surface area contributed by atoms with Crippen molar-refractivity contribution in [1.29, 1.82) is 0 Å². The highest BCUT2D eigenvalue weighted by molar-refractivity contribution is 5.15. The molecule has 0 heterocycles. The quantitative estimate of drug-likeness (QED) is 0.838. The maximum absolute atomic E-state index is 3.78. The van der Waals surface area contributed by atoms with Crippen molar-refractivity contribution in [2.75, 3.05) is 0 Å². The van der Waals surface area contributed by atoms with Gasteiger partial charge < -0.3 is 10.6 Å². The summed E-state index contributed by atoms with van der Waals surface area (Å²) in [4.78, 5) is 0. The van der Waals surface area contributed by atoms with Crippen molar-refractivity contribution >= 4 is 0 Å². The summed E-state index contributed by atoms with van der Waals surface area (Å²) in [5.74, 6) is 0.663. The minimum absolute atomic E-state index is 0.609. The van der Waals surface area contributed by atoms with Crippen molar-refractivity contribution in [2.45, 2.75) is 51.4 Å². The third-order valence-electron chi connectivity index (χ3n) is 5.12. The third kappa shape index (κ3) is 4.66. The van der Waals surface area contributed by atoms with Gasteiger partial charge in [-0.2, -0.15) is 0 Å². The number of rotatable bonds is 6. The Morgan fingerprint density at radius 3 is 1.61 bits per heavy atom. The van der Waals surface area contributed by atoms with E-state index in [4.69, 9.17) is 0 Å². The molecule has 2 N–H and O–H groups in total. The Bertz CT molecular complexity index is 515. The van der Waals surface area contributed by atoms with Crippen molar-refractivity contribution in [2.24, 2.45) is 5.92 Å². The van der Waals surface area contributed by atoms with Crippen molar-refractivity contribution in [3.05, 3.63) is 71.8 Å². The molecular formula is C21H28N2. The molecule has 2 nitrogen and oxygen atoms in total. The first-order chi connectivity index (χ1) is 11.3. The fourth-order valence-electron chi connectivity index (χ4n) is 3.63. The maximum Gasteiger partial charge on any atom is 0.0208 e. The van der Waals surface area contributed by atoms with Crippen LogP contribution in [0.25, 0.3) is 0 Å². The van der Waals surface area contributed by atoms with Gasteiger partial charge in [-0.1, -0.05) is 74.0 Å². The van der Waals surface area contributed by atoms with Gasteiger partial charge in [0.05, 0.1) is 0 Å². The van der Waals surface area contributed by atoms with E-state index in [1.165, 1.54) is 30.4 Å². The molecule has 2 unspecified atom stereocenters. The van der Waals surface area contributed by atoms with E-state index in [1.807, 2.05) is 0 Å². The zero-order chi connectivity index (χ0) is 15.9. The van der Waals surface area contributed by atoms with Crippen molar-refractivity contribution in [3.63, 3.8) is 0 Å². The second-order valence-electron chi connectivity index (χ2n) is 6.74. The summed E-state index contributed by atoms with van der Waals surface area (Å²) in [7, 11) is 0. The molecule has 0 bridgehead atoms. The Balaban J connectivity index is 1.50. The summed E-state index contributed by atoms with van der Waals surface area (Å²) in [6.07, 6.45) is 3.89. The molecular weight excluding hydrogens is 280 g/mol. The van der Waals surface area contributed by atoms with E-state index in [1.54, 1.807) is 0 Å². The summed E-state index contributed by atoms with van der Waals surface area (Å²) >= 11 is 0. The fraction of sp³-hybridized carbons (Fsp3) is 0.429. The highest BCUT2D eigenvalue weighted by atomic mass is 15.0. The van der Waals surface area contributed by atoms with E-state index < -0.39 is 0 Å². The van der Waals surface area contributed by atoms with Crippen LogP contribution in [0.15, 0.2) is 60.7 Å². The Kier molecular flexibility index (Phi) is 5.84. The van der Waals surface area contributed by atoms with Crippen LogP contribution in [0.4, 0.5) is 0 Å². The number of hydrogen-bond donors (Lipinski definition) is 2. The third-order valence-corrected chi connectivity index (χ3v) is 5.12. The lowest BCUT2D eigenvalue weighted by Crippen LogP contribution is -2.48. The molecule has 122 valence electrons.